The topological polar surface area (TPSA) is 29.1 Å². The fourth-order valence-electron chi connectivity index (χ4n) is 4.61. The SMILES string of the molecule is O=C(Nc1cccc(C(F)(F)F)c1)C1[C@H]2CC[C@H]3[C@@H](CC[C@@H]12)C3(Cl)Cl. The maximum absolute atomic E-state index is 12.8. The van der Waals surface area contributed by atoms with Crippen molar-refractivity contribution in [1.82, 2.24) is 0 Å². The molecule has 3 fully saturated rings. The molecule has 136 valence electrons. The second-order valence-electron chi connectivity index (χ2n) is 7.46. The second kappa shape index (κ2) is 5.78. The molecule has 1 unspecified atom stereocenters. The lowest BCUT2D eigenvalue weighted by Gasteiger charge is -2.10. The maximum Gasteiger partial charge on any atom is 0.416 e. The Labute approximate surface area is 154 Å². The largest absolute Gasteiger partial charge is 0.416 e. The third-order valence-corrected chi connectivity index (χ3v) is 7.20. The van der Waals surface area contributed by atoms with Gasteiger partial charge in [-0.2, -0.15) is 13.2 Å². The molecule has 4 rings (SSSR count). The molecule has 7 heteroatoms. The number of anilines is 1. The van der Waals surface area contributed by atoms with E-state index in [-0.39, 0.29) is 17.5 Å². The molecule has 0 spiro atoms. The highest BCUT2D eigenvalue weighted by atomic mass is 35.5. The molecule has 1 aromatic rings. The van der Waals surface area contributed by atoms with E-state index in [0.29, 0.717) is 23.7 Å². The van der Waals surface area contributed by atoms with Gasteiger partial charge in [0.1, 0.15) is 4.33 Å². The van der Waals surface area contributed by atoms with Crippen LogP contribution < -0.4 is 5.32 Å². The summed E-state index contributed by atoms with van der Waals surface area (Å²) < 4.78 is 37.7. The van der Waals surface area contributed by atoms with Gasteiger partial charge in [-0.15, -0.1) is 23.2 Å². The standard InChI is InChI=1S/C18H18Cl2F3NO/c19-17(20)13-6-4-11-12(5-7-14(13)17)15(11)16(25)24-10-3-1-2-9(8-10)18(21,22)23/h1-3,8,11-15H,4-7H2,(H,24,25)/t11-,12+,13-,14+,15?. The van der Waals surface area contributed by atoms with Gasteiger partial charge in [0.25, 0.3) is 0 Å². The van der Waals surface area contributed by atoms with E-state index in [9.17, 15) is 18.0 Å². The summed E-state index contributed by atoms with van der Waals surface area (Å²) in [4.78, 5) is 12.5. The van der Waals surface area contributed by atoms with E-state index in [0.717, 1.165) is 37.8 Å². The van der Waals surface area contributed by atoms with Crippen LogP contribution in [0.15, 0.2) is 24.3 Å². The number of amides is 1. The van der Waals surface area contributed by atoms with Gasteiger partial charge >= 0.3 is 6.18 Å². The smallest absolute Gasteiger partial charge is 0.326 e. The number of carbonyl (C=O) groups is 1. The molecule has 25 heavy (non-hydrogen) atoms. The Bertz CT molecular complexity index is 684. The number of carbonyl (C=O) groups excluding carboxylic acids is 1. The highest BCUT2D eigenvalue weighted by Gasteiger charge is 2.65. The molecular weight excluding hydrogens is 374 g/mol. The van der Waals surface area contributed by atoms with Crippen molar-refractivity contribution in [2.24, 2.45) is 29.6 Å². The van der Waals surface area contributed by atoms with Crippen LogP contribution in [0.4, 0.5) is 18.9 Å². The van der Waals surface area contributed by atoms with Crippen molar-refractivity contribution in [2.75, 3.05) is 5.32 Å². The zero-order chi connectivity index (χ0) is 18.0. The first kappa shape index (κ1) is 17.5. The van der Waals surface area contributed by atoms with Gasteiger partial charge in [0, 0.05) is 11.6 Å². The average molecular weight is 392 g/mol. The molecule has 5 atom stereocenters. The molecule has 0 radical (unpaired) electrons. The van der Waals surface area contributed by atoms with Crippen LogP contribution in [0.25, 0.3) is 0 Å². The van der Waals surface area contributed by atoms with Crippen molar-refractivity contribution in [3.63, 3.8) is 0 Å². The fourth-order valence-corrected chi connectivity index (χ4v) is 5.53. The first-order valence-electron chi connectivity index (χ1n) is 8.55. The Balaban J connectivity index is 1.39. The van der Waals surface area contributed by atoms with Crippen molar-refractivity contribution in [3.05, 3.63) is 29.8 Å². The van der Waals surface area contributed by atoms with Crippen molar-refractivity contribution >= 4 is 34.8 Å². The number of nitrogens with one attached hydrogen (secondary N) is 1. The van der Waals surface area contributed by atoms with E-state index in [1.165, 1.54) is 12.1 Å². The number of alkyl halides is 5. The average Bonchev–Trinajstić information content (AvgIpc) is 3.31. The van der Waals surface area contributed by atoms with Crippen LogP contribution >= 0.6 is 23.2 Å². The lowest BCUT2D eigenvalue weighted by Crippen LogP contribution is -2.16. The third kappa shape index (κ3) is 3.14. The number of rotatable bonds is 2. The monoisotopic (exact) mass is 391 g/mol. The van der Waals surface area contributed by atoms with Crippen LogP contribution in [0.2, 0.25) is 0 Å². The molecule has 1 aromatic carbocycles. The minimum absolute atomic E-state index is 0.105. The van der Waals surface area contributed by atoms with E-state index in [1.54, 1.807) is 0 Å². The number of hydrogen-bond donors (Lipinski definition) is 1. The molecule has 2 nitrogen and oxygen atoms in total. The summed E-state index contributed by atoms with van der Waals surface area (Å²) in [6.07, 6.45) is -0.749. The summed E-state index contributed by atoms with van der Waals surface area (Å²) >= 11 is 12.5. The minimum atomic E-state index is -4.42. The van der Waals surface area contributed by atoms with Gasteiger partial charge in [0.15, 0.2) is 0 Å². The Morgan fingerprint density at radius 2 is 1.68 bits per heavy atom. The summed E-state index contributed by atoms with van der Waals surface area (Å²) in [5.74, 6) is 0.974. The molecule has 0 saturated heterocycles. The Hall–Kier alpha value is -0.940. The van der Waals surface area contributed by atoms with E-state index in [2.05, 4.69) is 5.32 Å². The van der Waals surface area contributed by atoms with Crippen molar-refractivity contribution in [3.8, 4) is 0 Å². The molecular formula is C18H18Cl2F3NO. The van der Waals surface area contributed by atoms with Gasteiger partial charge in [-0.1, -0.05) is 6.07 Å². The summed E-state index contributed by atoms with van der Waals surface area (Å²) in [6.45, 7) is 0. The van der Waals surface area contributed by atoms with E-state index >= 15 is 0 Å². The van der Waals surface area contributed by atoms with Gasteiger partial charge in [0.05, 0.1) is 5.56 Å². The highest BCUT2D eigenvalue weighted by Crippen LogP contribution is 2.67. The molecule has 3 saturated carbocycles. The van der Waals surface area contributed by atoms with E-state index < -0.39 is 16.1 Å². The van der Waals surface area contributed by atoms with Crippen molar-refractivity contribution in [2.45, 2.75) is 36.2 Å². The Morgan fingerprint density at radius 3 is 2.24 bits per heavy atom. The van der Waals surface area contributed by atoms with Crippen LogP contribution in [0.3, 0.4) is 0 Å². The van der Waals surface area contributed by atoms with Gasteiger partial charge < -0.3 is 5.32 Å². The maximum atomic E-state index is 12.8. The first-order chi connectivity index (χ1) is 11.7. The van der Waals surface area contributed by atoms with E-state index in [1.807, 2.05) is 0 Å². The quantitative estimate of drug-likeness (QED) is 0.662. The van der Waals surface area contributed by atoms with Crippen molar-refractivity contribution in [1.29, 1.82) is 0 Å². The van der Waals surface area contributed by atoms with E-state index in [4.69, 9.17) is 23.2 Å². The van der Waals surface area contributed by atoms with Gasteiger partial charge in [-0.05, 0) is 67.6 Å². The summed E-state index contributed by atoms with van der Waals surface area (Å²) in [6, 6.07) is 4.77. The zero-order valence-corrected chi connectivity index (χ0v) is 14.8. The molecule has 0 bridgehead atoms. The highest BCUT2D eigenvalue weighted by molar-refractivity contribution is 6.51. The molecule has 3 aliphatic rings. The summed E-state index contributed by atoms with van der Waals surface area (Å²) in [7, 11) is 0. The molecule has 1 amide bonds. The third-order valence-electron chi connectivity index (χ3n) is 6.08. The lowest BCUT2D eigenvalue weighted by molar-refractivity contribution is -0.137. The Kier molecular flexibility index (Phi) is 4.04. The lowest BCUT2D eigenvalue weighted by atomic mass is 10.0. The molecule has 0 aromatic heterocycles. The van der Waals surface area contributed by atoms with Crippen LogP contribution in [0, 0.1) is 29.6 Å². The second-order valence-corrected chi connectivity index (χ2v) is 8.91. The summed E-state index contributed by atoms with van der Waals surface area (Å²) in [5.41, 5.74) is -0.560. The number of benzene rings is 1. The number of fused-ring (bicyclic) bond motifs is 2. The normalized spacial score (nSPS) is 35.6. The van der Waals surface area contributed by atoms with Crippen LogP contribution in [0.5, 0.6) is 0 Å². The van der Waals surface area contributed by atoms with Gasteiger partial charge in [0.2, 0.25) is 5.91 Å². The molecule has 0 aliphatic heterocycles. The molecule has 1 N–H and O–H groups in total. The predicted molar refractivity (Wildman–Crippen MR) is 90.4 cm³/mol. The zero-order valence-electron chi connectivity index (χ0n) is 13.3. The summed E-state index contributed by atoms with van der Waals surface area (Å²) in [5, 5.41) is 2.66. The van der Waals surface area contributed by atoms with Crippen LogP contribution in [-0.2, 0) is 11.0 Å². The van der Waals surface area contributed by atoms with Gasteiger partial charge in [-0.3, -0.25) is 4.79 Å². The van der Waals surface area contributed by atoms with Crippen LogP contribution in [0.1, 0.15) is 31.2 Å². The molecule has 3 aliphatic carbocycles. The predicted octanol–water partition coefficient (Wildman–Crippen LogP) is 5.50. The Morgan fingerprint density at radius 1 is 1.08 bits per heavy atom. The van der Waals surface area contributed by atoms with Crippen LogP contribution in [-0.4, -0.2) is 10.2 Å². The number of halogens is 5. The fraction of sp³-hybridized carbons (Fsp3) is 0.611. The molecule has 0 heterocycles. The number of hydrogen-bond acceptors (Lipinski definition) is 1. The van der Waals surface area contributed by atoms with Crippen molar-refractivity contribution < 1.29 is 18.0 Å². The first-order valence-corrected chi connectivity index (χ1v) is 9.31. The van der Waals surface area contributed by atoms with Gasteiger partial charge in [-0.25, -0.2) is 0 Å². The minimum Gasteiger partial charge on any atom is -0.326 e.